The molecule has 0 radical (unpaired) electrons. The standard InChI is InChI=1S/C12H14ClNO/c1-8-3-4-11(9(2)5-8)12-6-10(7-13)15-14-12/h3-5,10H,6-7H2,1-2H3. The Balaban J connectivity index is 2.24. The molecule has 2 nitrogen and oxygen atoms in total. The van der Waals surface area contributed by atoms with Crippen molar-refractivity contribution in [2.75, 3.05) is 5.88 Å². The van der Waals surface area contributed by atoms with Crippen LogP contribution in [-0.2, 0) is 4.84 Å². The van der Waals surface area contributed by atoms with Crippen LogP contribution >= 0.6 is 11.6 Å². The van der Waals surface area contributed by atoms with E-state index in [1.165, 1.54) is 16.7 Å². The summed E-state index contributed by atoms with van der Waals surface area (Å²) in [5, 5.41) is 4.08. The Morgan fingerprint density at radius 1 is 1.47 bits per heavy atom. The maximum Gasteiger partial charge on any atom is 0.146 e. The molecule has 80 valence electrons. The molecule has 1 aliphatic rings. The lowest BCUT2D eigenvalue weighted by atomic mass is 9.99. The monoisotopic (exact) mass is 223 g/mol. The average Bonchev–Trinajstić information content (AvgIpc) is 2.66. The van der Waals surface area contributed by atoms with Crippen molar-refractivity contribution >= 4 is 17.3 Å². The first-order valence-electron chi connectivity index (χ1n) is 5.07. The van der Waals surface area contributed by atoms with E-state index in [4.69, 9.17) is 16.4 Å². The molecule has 0 aliphatic carbocycles. The van der Waals surface area contributed by atoms with Crippen molar-refractivity contribution < 1.29 is 4.84 Å². The van der Waals surface area contributed by atoms with Gasteiger partial charge in [-0.2, -0.15) is 0 Å². The van der Waals surface area contributed by atoms with E-state index in [1.807, 2.05) is 0 Å². The Morgan fingerprint density at radius 2 is 2.27 bits per heavy atom. The van der Waals surface area contributed by atoms with Gasteiger partial charge in [0.15, 0.2) is 0 Å². The van der Waals surface area contributed by atoms with Gasteiger partial charge in [0.05, 0.1) is 11.6 Å². The van der Waals surface area contributed by atoms with Crippen LogP contribution in [0.1, 0.15) is 23.1 Å². The lowest BCUT2D eigenvalue weighted by molar-refractivity contribution is 0.102. The predicted molar refractivity (Wildman–Crippen MR) is 62.7 cm³/mol. The molecule has 0 N–H and O–H groups in total. The third-order valence-corrected chi connectivity index (χ3v) is 2.94. The number of alkyl halides is 1. The fourth-order valence-electron chi connectivity index (χ4n) is 1.81. The number of benzene rings is 1. The van der Waals surface area contributed by atoms with Gasteiger partial charge in [0, 0.05) is 12.0 Å². The molecule has 2 rings (SSSR count). The Hall–Kier alpha value is -1.02. The van der Waals surface area contributed by atoms with E-state index in [1.54, 1.807) is 0 Å². The molecule has 3 heteroatoms. The third-order valence-electron chi connectivity index (χ3n) is 2.60. The maximum absolute atomic E-state index is 5.73. The molecule has 1 atom stereocenters. The van der Waals surface area contributed by atoms with Gasteiger partial charge in [-0.1, -0.05) is 28.9 Å². The zero-order valence-corrected chi connectivity index (χ0v) is 9.71. The number of oxime groups is 1. The topological polar surface area (TPSA) is 21.6 Å². The number of rotatable bonds is 2. The third kappa shape index (κ3) is 2.15. The van der Waals surface area contributed by atoms with Crippen molar-refractivity contribution in [1.29, 1.82) is 0 Å². The first-order chi connectivity index (χ1) is 7.20. The summed E-state index contributed by atoms with van der Waals surface area (Å²) in [5.74, 6) is 0.498. The van der Waals surface area contributed by atoms with Crippen LogP contribution in [0, 0.1) is 13.8 Å². The van der Waals surface area contributed by atoms with Gasteiger partial charge in [-0.3, -0.25) is 0 Å². The van der Waals surface area contributed by atoms with Crippen LogP contribution in [0.2, 0.25) is 0 Å². The summed E-state index contributed by atoms with van der Waals surface area (Å²) in [6, 6.07) is 6.36. The Bertz CT molecular complexity index is 401. The smallest absolute Gasteiger partial charge is 0.146 e. The van der Waals surface area contributed by atoms with E-state index in [0.29, 0.717) is 5.88 Å². The molecule has 0 spiro atoms. The van der Waals surface area contributed by atoms with Crippen molar-refractivity contribution in [2.45, 2.75) is 26.4 Å². The van der Waals surface area contributed by atoms with Crippen molar-refractivity contribution in [1.82, 2.24) is 0 Å². The van der Waals surface area contributed by atoms with Gasteiger partial charge < -0.3 is 4.84 Å². The quantitative estimate of drug-likeness (QED) is 0.707. The molecule has 1 aromatic rings. The molecule has 15 heavy (non-hydrogen) atoms. The second-order valence-corrected chi connectivity index (χ2v) is 4.25. The van der Waals surface area contributed by atoms with Crippen LogP contribution in [0.4, 0.5) is 0 Å². The van der Waals surface area contributed by atoms with Gasteiger partial charge in [0.2, 0.25) is 0 Å². The van der Waals surface area contributed by atoms with E-state index in [-0.39, 0.29) is 6.10 Å². The highest BCUT2D eigenvalue weighted by Gasteiger charge is 2.21. The average molecular weight is 224 g/mol. The Kier molecular flexibility index (Phi) is 2.96. The highest BCUT2D eigenvalue weighted by Crippen LogP contribution is 2.20. The molecule has 0 bridgehead atoms. The highest BCUT2D eigenvalue weighted by molar-refractivity contribution is 6.18. The molecule has 1 heterocycles. The number of nitrogens with zero attached hydrogens (tertiary/aromatic N) is 1. The summed E-state index contributed by atoms with van der Waals surface area (Å²) in [5.41, 5.74) is 4.70. The second kappa shape index (κ2) is 4.23. The molecule has 0 saturated heterocycles. The maximum atomic E-state index is 5.73. The zero-order valence-electron chi connectivity index (χ0n) is 8.96. The molecular formula is C12H14ClNO. The number of hydrogen-bond acceptors (Lipinski definition) is 2. The summed E-state index contributed by atoms with van der Waals surface area (Å²) in [6.07, 6.45) is 0.857. The number of aryl methyl sites for hydroxylation is 2. The summed E-state index contributed by atoms with van der Waals surface area (Å²) >= 11 is 5.73. The molecule has 1 unspecified atom stereocenters. The van der Waals surface area contributed by atoms with Crippen LogP contribution in [0.5, 0.6) is 0 Å². The fraction of sp³-hybridized carbons (Fsp3) is 0.417. The minimum absolute atomic E-state index is 0.0439. The molecule has 0 fully saturated rings. The Morgan fingerprint density at radius 3 is 2.87 bits per heavy atom. The Labute approximate surface area is 94.9 Å². The predicted octanol–water partition coefficient (Wildman–Crippen LogP) is 3.04. The van der Waals surface area contributed by atoms with Gasteiger partial charge >= 0.3 is 0 Å². The van der Waals surface area contributed by atoms with E-state index in [2.05, 4.69) is 37.2 Å². The first-order valence-corrected chi connectivity index (χ1v) is 5.60. The molecular weight excluding hydrogens is 210 g/mol. The zero-order chi connectivity index (χ0) is 10.8. The van der Waals surface area contributed by atoms with Crippen molar-refractivity contribution in [3.05, 3.63) is 34.9 Å². The van der Waals surface area contributed by atoms with Gasteiger partial charge in [-0.25, -0.2) is 0 Å². The minimum atomic E-state index is 0.0439. The highest BCUT2D eigenvalue weighted by atomic mass is 35.5. The lowest BCUT2D eigenvalue weighted by Crippen LogP contribution is -2.10. The van der Waals surface area contributed by atoms with Crippen LogP contribution in [0.15, 0.2) is 23.4 Å². The van der Waals surface area contributed by atoms with Crippen LogP contribution in [-0.4, -0.2) is 17.7 Å². The summed E-state index contributed by atoms with van der Waals surface area (Å²) < 4.78 is 0. The van der Waals surface area contributed by atoms with E-state index >= 15 is 0 Å². The summed E-state index contributed by atoms with van der Waals surface area (Å²) in [7, 11) is 0. The van der Waals surface area contributed by atoms with Gasteiger partial charge in [-0.05, 0) is 19.4 Å². The molecule has 1 aromatic carbocycles. The fourth-order valence-corrected chi connectivity index (χ4v) is 1.97. The minimum Gasteiger partial charge on any atom is -0.391 e. The van der Waals surface area contributed by atoms with Crippen molar-refractivity contribution in [3.8, 4) is 0 Å². The SMILES string of the molecule is Cc1ccc(C2=NOC(CCl)C2)c(C)c1. The van der Waals surface area contributed by atoms with Crippen molar-refractivity contribution in [2.24, 2.45) is 5.16 Å². The van der Waals surface area contributed by atoms with Crippen LogP contribution in [0.25, 0.3) is 0 Å². The van der Waals surface area contributed by atoms with E-state index in [9.17, 15) is 0 Å². The van der Waals surface area contributed by atoms with Gasteiger partial charge in [0.25, 0.3) is 0 Å². The van der Waals surface area contributed by atoms with E-state index < -0.39 is 0 Å². The number of halogens is 1. The molecule has 0 amide bonds. The first kappa shape index (κ1) is 10.5. The largest absolute Gasteiger partial charge is 0.391 e. The van der Waals surface area contributed by atoms with Crippen LogP contribution < -0.4 is 0 Å². The van der Waals surface area contributed by atoms with Gasteiger partial charge in [0.1, 0.15) is 6.10 Å². The summed E-state index contributed by atoms with van der Waals surface area (Å²) in [4.78, 5) is 5.21. The molecule has 0 saturated carbocycles. The normalized spacial score (nSPS) is 19.9. The second-order valence-electron chi connectivity index (χ2n) is 3.94. The van der Waals surface area contributed by atoms with E-state index in [0.717, 1.165) is 12.1 Å². The molecule has 1 aliphatic heterocycles. The summed E-state index contributed by atoms with van der Waals surface area (Å²) in [6.45, 7) is 4.18. The molecule has 0 aromatic heterocycles. The van der Waals surface area contributed by atoms with Crippen molar-refractivity contribution in [3.63, 3.8) is 0 Å². The lowest BCUT2D eigenvalue weighted by Gasteiger charge is -2.05. The van der Waals surface area contributed by atoms with Gasteiger partial charge in [-0.15, -0.1) is 11.6 Å². The van der Waals surface area contributed by atoms with Crippen LogP contribution in [0.3, 0.4) is 0 Å². The number of hydrogen-bond donors (Lipinski definition) is 0.